The van der Waals surface area contributed by atoms with Crippen molar-refractivity contribution in [2.75, 3.05) is 13.7 Å². The summed E-state index contributed by atoms with van der Waals surface area (Å²) in [6.07, 6.45) is 2.36. The van der Waals surface area contributed by atoms with Gasteiger partial charge in [-0.3, -0.25) is 4.90 Å². The molecule has 1 aromatic heterocycles. The monoisotopic (exact) mass is 440 g/mol. The largest absolute Gasteiger partial charge is 0.376 e. The van der Waals surface area contributed by atoms with Crippen molar-refractivity contribution in [1.29, 1.82) is 0 Å². The van der Waals surface area contributed by atoms with Gasteiger partial charge < -0.3 is 9.30 Å². The van der Waals surface area contributed by atoms with Crippen LogP contribution in [-0.4, -0.2) is 39.4 Å². The molecule has 5 nitrogen and oxygen atoms in total. The second-order valence-corrected chi connectivity index (χ2v) is 9.07. The molecule has 1 saturated heterocycles. The van der Waals surface area contributed by atoms with Crippen LogP contribution in [0, 0.1) is 12.7 Å². The molecular formula is C24H29FN4OS. The highest BCUT2D eigenvalue weighted by Gasteiger charge is 2.22. The third kappa shape index (κ3) is 5.73. The average molecular weight is 441 g/mol. The van der Waals surface area contributed by atoms with E-state index < -0.39 is 0 Å². The zero-order valence-corrected chi connectivity index (χ0v) is 18.9. The molecule has 1 fully saturated rings. The number of halogens is 1. The smallest absolute Gasteiger partial charge is 0.191 e. The molecule has 164 valence electrons. The maximum absolute atomic E-state index is 14.1. The number of hydrogen-bond acceptors (Lipinski definition) is 5. The van der Waals surface area contributed by atoms with E-state index in [0.717, 1.165) is 42.7 Å². The van der Waals surface area contributed by atoms with Gasteiger partial charge in [-0.15, -0.1) is 10.2 Å². The molecule has 1 aliphatic heterocycles. The Kier molecular flexibility index (Phi) is 7.37. The fourth-order valence-electron chi connectivity index (χ4n) is 3.85. The summed E-state index contributed by atoms with van der Waals surface area (Å²) < 4.78 is 22.1. The molecule has 1 unspecified atom stereocenters. The van der Waals surface area contributed by atoms with Gasteiger partial charge >= 0.3 is 0 Å². The number of nitrogens with zero attached hydrogens (tertiary/aromatic N) is 4. The molecule has 0 spiro atoms. The fraction of sp³-hybridized carbons (Fsp3) is 0.417. The first kappa shape index (κ1) is 22.0. The van der Waals surface area contributed by atoms with E-state index in [1.807, 2.05) is 19.2 Å². The summed E-state index contributed by atoms with van der Waals surface area (Å²) >= 11 is 1.71. The second kappa shape index (κ2) is 10.4. The molecule has 0 bridgehead atoms. The molecule has 0 radical (unpaired) electrons. The van der Waals surface area contributed by atoms with E-state index in [2.05, 4.69) is 50.9 Å². The number of thioether (sulfide) groups is 1. The Morgan fingerprint density at radius 1 is 1.10 bits per heavy atom. The van der Waals surface area contributed by atoms with Gasteiger partial charge in [0.2, 0.25) is 0 Å². The normalized spacial score (nSPS) is 16.3. The average Bonchev–Trinajstić information content (AvgIpc) is 3.40. The number of ether oxygens (including phenoxy) is 1. The maximum Gasteiger partial charge on any atom is 0.191 e. The van der Waals surface area contributed by atoms with Crippen LogP contribution in [-0.2, 0) is 30.1 Å². The predicted octanol–water partition coefficient (Wildman–Crippen LogP) is 4.83. The van der Waals surface area contributed by atoms with Crippen LogP contribution in [0.2, 0.25) is 0 Å². The van der Waals surface area contributed by atoms with Crippen molar-refractivity contribution < 1.29 is 9.13 Å². The summed E-state index contributed by atoms with van der Waals surface area (Å²) in [6.45, 7) is 4.83. The van der Waals surface area contributed by atoms with E-state index in [1.165, 1.54) is 17.2 Å². The molecular weight excluding hydrogens is 411 g/mol. The van der Waals surface area contributed by atoms with Crippen LogP contribution in [0.3, 0.4) is 0 Å². The standard InChI is InChI=1S/C24H29FN4OS/c1-18-8-3-4-10-20(18)17-31-24-27-26-23(29(24)15-21-11-7-13-30-21)16-28(2)14-19-9-5-6-12-22(19)25/h3-6,8-10,12,21H,7,11,13-17H2,1-2H3. The quantitative estimate of drug-likeness (QED) is 0.446. The Hall–Kier alpha value is -2.22. The Labute approximate surface area is 187 Å². The van der Waals surface area contributed by atoms with Crippen molar-refractivity contribution in [3.05, 3.63) is 76.9 Å². The molecule has 2 heterocycles. The zero-order chi connectivity index (χ0) is 21.6. The van der Waals surface area contributed by atoms with E-state index >= 15 is 0 Å². The first-order valence-electron chi connectivity index (χ1n) is 10.7. The highest BCUT2D eigenvalue weighted by Crippen LogP contribution is 2.26. The lowest BCUT2D eigenvalue weighted by atomic mass is 10.1. The number of rotatable bonds is 9. The van der Waals surface area contributed by atoms with Crippen molar-refractivity contribution in [3.63, 3.8) is 0 Å². The Morgan fingerprint density at radius 3 is 2.61 bits per heavy atom. The van der Waals surface area contributed by atoms with Crippen molar-refractivity contribution in [1.82, 2.24) is 19.7 Å². The fourth-order valence-corrected chi connectivity index (χ4v) is 4.89. The summed E-state index contributed by atoms with van der Waals surface area (Å²) in [5, 5.41) is 9.91. The summed E-state index contributed by atoms with van der Waals surface area (Å²) in [5.41, 5.74) is 3.27. The third-order valence-corrected chi connectivity index (χ3v) is 6.65. The topological polar surface area (TPSA) is 43.2 Å². The second-order valence-electron chi connectivity index (χ2n) is 8.12. The third-order valence-electron chi connectivity index (χ3n) is 5.63. The van der Waals surface area contributed by atoms with Crippen molar-refractivity contribution in [2.45, 2.75) is 56.4 Å². The molecule has 7 heteroatoms. The van der Waals surface area contributed by atoms with Gasteiger partial charge in [0, 0.05) is 24.5 Å². The van der Waals surface area contributed by atoms with Crippen molar-refractivity contribution in [2.24, 2.45) is 0 Å². The molecule has 0 N–H and O–H groups in total. The summed E-state index contributed by atoms with van der Waals surface area (Å²) in [5.74, 6) is 1.56. The van der Waals surface area contributed by atoms with Gasteiger partial charge in [0.15, 0.2) is 5.16 Å². The molecule has 2 aromatic carbocycles. The van der Waals surface area contributed by atoms with Crippen LogP contribution in [0.25, 0.3) is 0 Å². The highest BCUT2D eigenvalue weighted by atomic mass is 32.2. The molecule has 0 saturated carbocycles. The minimum Gasteiger partial charge on any atom is -0.376 e. The minimum absolute atomic E-state index is 0.176. The molecule has 1 aliphatic rings. The van der Waals surface area contributed by atoms with Crippen LogP contribution in [0.5, 0.6) is 0 Å². The van der Waals surface area contributed by atoms with Gasteiger partial charge in [-0.25, -0.2) is 4.39 Å². The molecule has 0 aliphatic carbocycles. The Morgan fingerprint density at radius 2 is 1.87 bits per heavy atom. The van der Waals surface area contributed by atoms with Crippen LogP contribution in [0.4, 0.5) is 4.39 Å². The number of aryl methyl sites for hydroxylation is 1. The molecule has 0 amide bonds. The summed E-state index contributed by atoms with van der Waals surface area (Å²) in [4.78, 5) is 2.07. The van der Waals surface area contributed by atoms with Gasteiger partial charge in [-0.2, -0.15) is 0 Å². The SMILES string of the molecule is Cc1ccccc1CSc1nnc(CN(C)Cc2ccccc2F)n1CC1CCCO1. The van der Waals surface area contributed by atoms with Gasteiger partial charge in [0.1, 0.15) is 11.6 Å². The Balaban J connectivity index is 1.49. The number of hydrogen-bond donors (Lipinski definition) is 0. The van der Waals surface area contributed by atoms with E-state index in [0.29, 0.717) is 18.7 Å². The lowest BCUT2D eigenvalue weighted by molar-refractivity contribution is 0.0934. The maximum atomic E-state index is 14.1. The van der Waals surface area contributed by atoms with Gasteiger partial charge in [-0.05, 0) is 44.0 Å². The molecule has 3 aromatic rings. The molecule has 1 atom stereocenters. The lowest BCUT2D eigenvalue weighted by Crippen LogP contribution is -2.23. The van der Waals surface area contributed by atoms with E-state index in [4.69, 9.17) is 4.74 Å². The lowest BCUT2D eigenvalue weighted by Gasteiger charge is -2.19. The van der Waals surface area contributed by atoms with Gasteiger partial charge in [0.25, 0.3) is 0 Å². The first-order valence-corrected chi connectivity index (χ1v) is 11.7. The zero-order valence-electron chi connectivity index (χ0n) is 18.1. The number of benzene rings is 2. The molecule has 31 heavy (non-hydrogen) atoms. The van der Waals surface area contributed by atoms with Crippen LogP contribution >= 0.6 is 11.8 Å². The van der Waals surface area contributed by atoms with Crippen molar-refractivity contribution in [3.8, 4) is 0 Å². The summed E-state index contributed by atoms with van der Waals surface area (Å²) in [7, 11) is 1.98. The highest BCUT2D eigenvalue weighted by molar-refractivity contribution is 7.98. The van der Waals surface area contributed by atoms with E-state index in [1.54, 1.807) is 17.8 Å². The van der Waals surface area contributed by atoms with E-state index in [-0.39, 0.29) is 11.9 Å². The summed E-state index contributed by atoms with van der Waals surface area (Å²) in [6, 6.07) is 15.3. The van der Waals surface area contributed by atoms with Crippen LogP contribution in [0.1, 0.15) is 35.4 Å². The van der Waals surface area contributed by atoms with Crippen LogP contribution < -0.4 is 0 Å². The van der Waals surface area contributed by atoms with Crippen LogP contribution in [0.15, 0.2) is 53.7 Å². The Bertz CT molecular complexity index is 1000. The van der Waals surface area contributed by atoms with Gasteiger partial charge in [0.05, 0.1) is 19.2 Å². The van der Waals surface area contributed by atoms with E-state index in [9.17, 15) is 4.39 Å². The van der Waals surface area contributed by atoms with Gasteiger partial charge in [-0.1, -0.05) is 54.2 Å². The number of aromatic nitrogens is 3. The first-order chi connectivity index (χ1) is 15.1. The van der Waals surface area contributed by atoms with Crippen molar-refractivity contribution >= 4 is 11.8 Å². The predicted molar refractivity (Wildman–Crippen MR) is 121 cm³/mol. The minimum atomic E-state index is -0.176. The molecule has 4 rings (SSSR count).